The molecule has 3 aromatic rings. The number of hydrogen-bond donors (Lipinski definition) is 2. The van der Waals surface area contributed by atoms with Crippen LogP contribution in [-0.2, 0) is 0 Å². The molecule has 0 saturated heterocycles. The highest BCUT2D eigenvalue weighted by Gasteiger charge is 2.13. The number of halogens is 1. The molecular formula is C17H15ClN2O. The van der Waals surface area contributed by atoms with Gasteiger partial charge < -0.3 is 10.4 Å². The van der Waals surface area contributed by atoms with Crippen molar-refractivity contribution in [2.24, 2.45) is 0 Å². The lowest BCUT2D eigenvalue weighted by atomic mass is 10.0. The third-order valence-corrected chi connectivity index (χ3v) is 3.87. The van der Waals surface area contributed by atoms with Crippen molar-refractivity contribution in [1.82, 2.24) is 4.98 Å². The molecule has 3 nitrogen and oxygen atoms in total. The summed E-state index contributed by atoms with van der Waals surface area (Å²) in [5.41, 5.74) is 1.58. The van der Waals surface area contributed by atoms with Gasteiger partial charge in [0.15, 0.2) is 0 Å². The molecule has 1 aromatic heterocycles. The molecule has 4 heteroatoms. The molecule has 0 aliphatic heterocycles. The minimum Gasteiger partial charge on any atom is -0.507 e. The van der Waals surface area contributed by atoms with Gasteiger partial charge in [-0.1, -0.05) is 48.0 Å². The van der Waals surface area contributed by atoms with Gasteiger partial charge in [0.1, 0.15) is 5.75 Å². The number of benzene rings is 2. The van der Waals surface area contributed by atoms with Crippen molar-refractivity contribution in [2.75, 3.05) is 5.32 Å². The van der Waals surface area contributed by atoms with E-state index in [1.807, 2.05) is 43.3 Å². The van der Waals surface area contributed by atoms with Gasteiger partial charge >= 0.3 is 0 Å². The number of nitrogens with one attached hydrogen (secondary N) is 1. The van der Waals surface area contributed by atoms with Gasteiger partial charge in [-0.25, -0.2) is 0 Å². The summed E-state index contributed by atoms with van der Waals surface area (Å²) in [6.45, 7) is 1.98. The number of phenolic OH excluding ortho intramolecular Hbond substituents is 1. The van der Waals surface area contributed by atoms with Gasteiger partial charge in [-0.15, -0.1) is 0 Å². The summed E-state index contributed by atoms with van der Waals surface area (Å²) in [6, 6.07) is 13.4. The Kier molecular flexibility index (Phi) is 3.67. The first-order chi connectivity index (χ1) is 10.2. The number of phenols is 1. The molecule has 3 rings (SSSR count). The molecule has 2 N–H and O–H groups in total. The third-order valence-electron chi connectivity index (χ3n) is 3.54. The summed E-state index contributed by atoms with van der Waals surface area (Å²) in [5.74, 6) is 0.299. The largest absolute Gasteiger partial charge is 0.507 e. The van der Waals surface area contributed by atoms with Crippen LogP contribution in [0.5, 0.6) is 5.75 Å². The first kappa shape index (κ1) is 13.7. The maximum atomic E-state index is 10.5. The first-order valence-corrected chi connectivity index (χ1v) is 7.11. The fraction of sp³-hybridized carbons (Fsp3) is 0.118. The Morgan fingerprint density at radius 3 is 2.76 bits per heavy atom. The van der Waals surface area contributed by atoms with Gasteiger partial charge in [-0.05, 0) is 18.4 Å². The van der Waals surface area contributed by atoms with Crippen LogP contribution in [0.25, 0.3) is 10.8 Å². The average Bonchev–Trinajstić information content (AvgIpc) is 2.50. The van der Waals surface area contributed by atoms with Crippen molar-refractivity contribution >= 4 is 28.1 Å². The van der Waals surface area contributed by atoms with E-state index in [2.05, 4.69) is 10.3 Å². The summed E-state index contributed by atoms with van der Waals surface area (Å²) >= 11 is 6.13. The number of fused-ring (bicyclic) bond motifs is 1. The number of hydrogen-bond acceptors (Lipinski definition) is 3. The fourth-order valence-corrected chi connectivity index (χ4v) is 2.58. The van der Waals surface area contributed by atoms with Crippen molar-refractivity contribution in [3.63, 3.8) is 0 Å². The van der Waals surface area contributed by atoms with Gasteiger partial charge in [0.25, 0.3) is 0 Å². The summed E-state index contributed by atoms with van der Waals surface area (Å²) in [4.78, 5) is 4.06. The molecule has 0 saturated carbocycles. The van der Waals surface area contributed by atoms with E-state index in [0.29, 0.717) is 10.8 Å². The lowest BCUT2D eigenvalue weighted by Gasteiger charge is -2.18. The number of aromatic nitrogens is 1. The van der Waals surface area contributed by atoms with E-state index in [4.69, 9.17) is 11.6 Å². The Morgan fingerprint density at radius 1 is 1.14 bits per heavy atom. The van der Waals surface area contributed by atoms with Crippen LogP contribution >= 0.6 is 11.6 Å². The Hall–Kier alpha value is -2.26. The van der Waals surface area contributed by atoms with E-state index < -0.39 is 0 Å². The van der Waals surface area contributed by atoms with E-state index in [0.717, 1.165) is 22.0 Å². The second-order valence-electron chi connectivity index (χ2n) is 4.95. The highest BCUT2D eigenvalue weighted by Crippen LogP contribution is 2.34. The van der Waals surface area contributed by atoms with Gasteiger partial charge in [0, 0.05) is 17.1 Å². The Labute approximate surface area is 128 Å². The van der Waals surface area contributed by atoms with Crippen molar-refractivity contribution in [2.45, 2.75) is 13.0 Å². The fourth-order valence-electron chi connectivity index (χ4n) is 2.42. The molecule has 21 heavy (non-hydrogen) atoms. The quantitative estimate of drug-likeness (QED) is 0.732. The number of anilines is 1. The highest BCUT2D eigenvalue weighted by molar-refractivity contribution is 6.33. The van der Waals surface area contributed by atoms with Crippen LogP contribution in [0.3, 0.4) is 0 Å². The summed E-state index contributed by atoms with van der Waals surface area (Å²) in [7, 11) is 0. The van der Waals surface area contributed by atoms with E-state index >= 15 is 0 Å². The lowest BCUT2D eigenvalue weighted by molar-refractivity contribution is 0.472. The number of rotatable bonds is 3. The Bertz CT molecular complexity index is 789. The molecule has 0 aliphatic rings. The van der Waals surface area contributed by atoms with Crippen LogP contribution in [0.4, 0.5) is 5.69 Å². The second-order valence-corrected chi connectivity index (χ2v) is 5.35. The van der Waals surface area contributed by atoms with E-state index in [-0.39, 0.29) is 6.04 Å². The minimum atomic E-state index is -0.0868. The van der Waals surface area contributed by atoms with Crippen LogP contribution in [0.1, 0.15) is 18.5 Å². The summed E-state index contributed by atoms with van der Waals surface area (Å²) < 4.78 is 0. The topological polar surface area (TPSA) is 45.2 Å². The lowest BCUT2D eigenvalue weighted by Crippen LogP contribution is -2.07. The van der Waals surface area contributed by atoms with Crippen LogP contribution < -0.4 is 5.32 Å². The number of nitrogens with zero attached hydrogens (tertiary/aromatic N) is 1. The van der Waals surface area contributed by atoms with Gasteiger partial charge in [0.2, 0.25) is 0 Å². The Balaban J connectivity index is 1.97. The van der Waals surface area contributed by atoms with Crippen LogP contribution in [0, 0.1) is 0 Å². The molecule has 2 aromatic carbocycles. The summed E-state index contributed by atoms with van der Waals surface area (Å²) in [6.07, 6.45) is 3.32. The van der Waals surface area contributed by atoms with Gasteiger partial charge in [0.05, 0.1) is 22.9 Å². The third kappa shape index (κ3) is 2.65. The first-order valence-electron chi connectivity index (χ1n) is 6.73. The molecule has 1 unspecified atom stereocenters. The zero-order chi connectivity index (χ0) is 14.8. The van der Waals surface area contributed by atoms with Crippen LogP contribution in [0.2, 0.25) is 5.02 Å². The standard InChI is InChI=1S/C17H15ClN2O/c1-11(20-16-10-19-9-8-15(16)18)13-7-6-12-4-2-3-5-14(12)17(13)21/h2-11,20-21H,1H3. The molecule has 1 atom stereocenters. The molecule has 1 heterocycles. The molecule has 0 aliphatic carbocycles. The maximum absolute atomic E-state index is 10.5. The van der Waals surface area contributed by atoms with E-state index in [9.17, 15) is 5.11 Å². The smallest absolute Gasteiger partial charge is 0.128 e. The van der Waals surface area contributed by atoms with Gasteiger partial charge in [-0.3, -0.25) is 4.98 Å². The predicted molar refractivity (Wildman–Crippen MR) is 86.9 cm³/mol. The highest BCUT2D eigenvalue weighted by atomic mass is 35.5. The second kappa shape index (κ2) is 5.62. The van der Waals surface area contributed by atoms with E-state index in [1.165, 1.54) is 0 Å². The van der Waals surface area contributed by atoms with Crippen molar-refractivity contribution in [3.05, 3.63) is 65.4 Å². The maximum Gasteiger partial charge on any atom is 0.128 e. The van der Waals surface area contributed by atoms with Gasteiger partial charge in [-0.2, -0.15) is 0 Å². The molecule has 0 radical (unpaired) electrons. The number of pyridine rings is 1. The van der Waals surface area contributed by atoms with Crippen LogP contribution in [0.15, 0.2) is 54.9 Å². The molecule has 106 valence electrons. The normalized spacial score (nSPS) is 12.3. The van der Waals surface area contributed by atoms with E-state index in [1.54, 1.807) is 18.5 Å². The Morgan fingerprint density at radius 2 is 1.95 bits per heavy atom. The molecule has 0 amide bonds. The predicted octanol–water partition coefficient (Wildman–Crippen LogP) is 4.77. The molecule has 0 spiro atoms. The average molecular weight is 299 g/mol. The zero-order valence-corrected chi connectivity index (χ0v) is 12.3. The zero-order valence-electron chi connectivity index (χ0n) is 11.5. The minimum absolute atomic E-state index is 0.0868. The SMILES string of the molecule is CC(Nc1cnccc1Cl)c1ccc2ccccc2c1O. The van der Waals surface area contributed by atoms with Crippen LogP contribution in [-0.4, -0.2) is 10.1 Å². The summed E-state index contributed by atoms with van der Waals surface area (Å²) in [5, 5.41) is 16.2. The molecule has 0 fully saturated rings. The number of aromatic hydroxyl groups is 1. The molecule has 0 bridgehead atoms. The monoisotopic (exact) mass is 298 g/mol. The van der Waals surface area contributed by atoms with Crippen molar-refractivity contribution in [3.8, 4) is 5.75 Å². The molecular weight excluding hydrogens is 284 g/mol. The van der Waals surface area contributed by atoms with Crippen molar-refractivity contribution in [1.29, 1.82) is 0 Å². The van der Waals surface area contributed by atoms with Crippen molar-refractivity contribution < 1.29 is 5.11 Å².